The number of nitrogens with zero attached hydrogens (tertiary/aromatic N) is 1. The number of hydrogen-bond acceptors (Lipinski definition) is 4. The van der Waals surface area contributed by atoms with E-state index in [2.05, 4.69) is 0 Å². The minimum Gasteiger partial charge on any atom is -0.450 e. The molecular weight excluding hydrogens is 258 g/mol. The SMILES string of the molecule is CCOC(=O)N1CCCC(C(=O)OC2=CCCCC2)C1. The Labute approximate surface area is 119 Å². The third kappa shape index (κ3) is 3.99. The Morgan fingerprint density at radius 2 is 2.20 bits per heavy atom. The number of hydrogen-bond donors (Lipinski definition) is 0. The molecule has 1 saturated heterocycles. The van der Waals surface area contributed by atoms with E-state index in [4.69, 9.17) is 9.47 Å². The molecule has 5 heteroatoms. The maximum Gasteiger partial charge on any atom is 0.409 e. The van der Waals surface area contributed by atoms with Crippen molar-refractivity contribution in [3.63, 3.8) is 0 Å². The molecule has 1 heterocycles. The Morgan fingerprint density at radius 1 is 1.35 bits per heavy atom. The van der Waals surface area contributed by atoms with Gasteiger partial charge in [-0.1, -0.05) is 0 Å². The third-order valence-electron chi connectivity index (χ3n) is 3.76. The summed E-state index contributed by atoms with van der Waals surface area (Å²) in [6.45, 7) is 3.21. The molecule has 2 rings (SSSR count). The van der Waals surface area contributed by atoms with E-state index in [1.807, 2.05) is 6.08 Å². The molecule has 2 aliphatic rings. The molecule has 0 bridgehead atoms. The summed E-state index contributed by atoms with van der Waals surface area (Å²) in [5, 5.41) is 0. The van der Waals surface area contributed by atoms with Crippen LogP contribution >= 0.6 is 0 Å². The Morgan fingerprint density at radius 3 is 2.90 bits per heavy atom. The van der Waals surface area contributed by atoms with Crippen molar-refractivity contribution in [3.05, 3.63) is 11.8 Å². The first-order chi connectivity index (χ1) is 9.70. The molecule has 1 fully saturated rings. The van der Waals surface area contributed by atoms with Crippen molar-refractivity contribution in [1.82, 2.24) is 4.90 Å². The number of rotatable bonds is 3. The maximum absolute atomic E-state index is 12.2. The number of esters is 1. The summed E-state index contributed by atoms with van der Waals surface area (Å²) in [5.74, 6) is 0.373. The van der Waals surface area contributed by atoms with Crippen LogP contribution in [-0.2, 0) is 14.3 Å². The Kier molecular flexibility index (Phi) is 5.44. The molecule has 1 aliphatic heterocycles. The van der Waals surface area contributed by atoms with Gasteiger partial charge < -0.3 is 14.4 Å². The van der Waals surface area contributed by atoms with E-state index in [-0.39, 0.29) is 18.0 Å². The lowest BCUT2D eigenvalue weighted by Crippen LogP contribution is -2.43. The van der Waals surface area contributed by atoms with Crippen molar-refractivity contribution >= 4 is 12.1 Å². The monoisotopic (exact) mass is 281 g/mol. The minimum atomic E-state index is -0.332. The molecule has 112 valence electrons. The van der Waals surface area contributed by atoms with Crippen molar-refractivity contribution in [2.24, 2.45) is 5.92 Å². The van der Waals surface area contributed by atoms with Crippen LogP contribution in [0.25, 0.3) is 0 Å². The topological polar surface area (TPSA) is 55.8 Å². The number of carbonyl (C=O) groups excluding carboxylic acids is 2. The fraction of sp³-hybridized carbons (Fsp3) is 0.733. The van der Waals surface area contributed by atoms with Gasteiger partial charge in [0.05, 0.1) is 12.5 Å². The van der Waals surface area contributed by atoms with Crippen molar-refractivity contribution < 1.29 is 19.1 Å². The van der Waals surface area contributed by atoms with Crippen molar-refractivity contribution in [2.75, 3.05) is 19.7 Å². The number of piperidine rings is 1. The number of allylic oxidation sites excluding steroid dienone is 2. The van der Waals surface area contributed by atoms with E-state index in [1.54, 1.807) is 11.8 Å². The first kappa shape index (κ1) is 14.9. The van der Waals surface area contributed by atoms with Gasteiger partial charge in [0.1, 0.15) is 5.76 Å². The number of amides is 1. The van der Waals surface area contributed by atoms with Gasteiger partial charge in [0, 0.05) is 19.5 Å². The van der Waals surface area contributed by atoms with Crippen molar-refractivity contribution in [3.8, 4) is 0 Å². The molecule has 1 unspecified atom stereocenters. The third-order valence-corrected chi connectivity index (χ3v) is 3.76. The summed E-state index contributed by atoms with van der Waals surface area (Å²) in [6.07, 6.45) is 7.36. The molecule has 5 nitrogen and oxygen atoms in total. The highest BCUT2D eigenvalue weighted by Gasteiger charge is 2.30. The lowest BCUT2D eigenvalue weighted by atomic mass is 9.98. The van der Waals surface area contributed by atoms with E-state index >= 15 is 0 Å². The molecular formula is C15H23NO4. The largest absolute Gasteiger partial charge is 0.450 e. The lowest BCUT2D eigenvalue weighted by Gasteiger charge is -2.31. The Balaban J connectivity index is 1.86. The molecule has 0 aromatic carbocycles. The Bertz CT molecular complexity index is 391. The van der Waals surface area contributed by atoms with Crippen molar-refractivity contribution in [1.29, 1.82) is 0 Å². The highest BCUT2D eigenvalue weighted by Crippen LogP contribution is 2.23. The summed E-state index contributed by atoms with van der Waals surface area (Å²) >= 11 is 0. The van der Waals surface area contributed by atoms with Crippen LogP contribution < -0.4 is 0 Å². The number of ether oxygens (including phenoxy) is 2. The summed E-state index contributed by atoms with van der Waals surface area (Å²) in [6, 6.07) is 0. The fourth-order valence-electron chi connectivity index (χ4n) is 2.66. The van der Waals surface area contributed by atoms with Crippen LogP contribution in [0.5, 0.6) is 0 Å². The van der Waals surface area contributed by atoms with E-state index in [0.29, 0.717) is 19.7 Å². The second kappa shape index (κ2) is 7.31. The van der Waals surface area contributed by atoms with E-state index in [1.165, 1.54) is 6.42 Å². The zero-order valence-corrected chi connectivity index (χ0v) is 12.1. The van der Waals surface area contributed by atoms with Crippen LogP contribution in [0.1, 0.15) is 45.4 Å². The van der Waals surface area contributed by atoms with Crippen LogP contribution in [0, 0.1) is 5.92 Å². The molecule has 1 amide bonds. The van der Waals surface area contributed by atoms with Crippen LogP contribution in [0.2, 0.25) is 0 Å². The van der Waals surface area contributed by atoms with E-state index < -0.39 is 0 Å². The first-order valence-electron chi connectivity index (χ1n) is 7.53. The average molecular weight is 281 g/mol. The zero-order valence-electron chi connectivity index (χ0n) is 12.1. The fourth-order valence-corrected chi connectivity index (χ4v) is 2.66. The smallest absolute Gasteiger partial charge is 0.409 e. The van der Waals surface area contributed by atoms with Crippen LogP contribution in [0.3, 0.4) is 0 Å². The van der Waals surface area contributed by atoms with Gasteiger partial charge in [-0.05, 0) is 45.1 Å². The first-order valence-corrected chi connectivity index (χ1v) is 7.53. The van der Waals surface area contributed by atoms with Gasteiger partial charge in [0.25, 0.3) is 0 Å². The molecule has 0 aromatic rings. The molecule has 20 heavy (non-hydrogen) atoms. The molecule has 0 spiro atoms. The van der Waals surface area contributed by atoms with Crippen molar-refractivity contribution in [2.45, 2.75) is 45.4 Å². The molecule has 0 N–H and O–H groups in total. The van der Waals surface area contributed by atoms with E-state index in [0.717, 1.165) is 37.9 Å². The maximum atomic E-state index is 12.2. The van der Waals surface area contributed by atoms with Crippen LogP contribution in [0.4, 0.5) is 4.79 Å². The zero-order chi connectivity index (χ0) is 14.4. The predicted octanol–water partition coefficient (Wildman–Crippen LogP) is 2.86. The number of likely N-dealkylation sites (tertiary alicyclic amines) is 1. The second-order valence-electron chi connectivity index (χ2n) is 5.32. The summed E-state index contributed by atoms with van der Waals surface area (Å²) < 4.78 is 10.4. The van der Waals surface area contributed by atoms with Gasteiger partial charge in [0.2, 0.25) is 0 Å². The standard InChI is InChI=1S/C15H23NO4/c1-2-19-15(18)16-10-6-7-12(11-16)14(17)20-13-8-4-3-5-9-13/h8,12H,2-7,9-11H2,1H3. The van der Waals surface area contributed by atoms with Crippen LogP contribution in [0.15, 0.2) is 11.8 Å². The van der Waals surface area contributed by atoms with Gasteiger partial charge >= 0.3 is 12.1 Å². The van der Waals surface area contributed by atoms with Gasteiger partial charge in [-0.15, -0.1) is 0 Å². The lowest BCUT2D eigenvalue weighted by molar-refractivity contribution is -0.146. The summed E-state index contributed by atoms with van der Waals surface area (Å²) in [5.41, 5.74) is 0. The summed E-state index contributed by atoms with van der Waals surface area (Å²) in [7, 11) is 0. The van der Waals surface area contributed by atoms with Gasteiger partial charge in [-0.3, -0.25) is 4.79 Å². The van der Waals surface area contributed by atoms with Gasteiger partial charge in [-0.25, -0.2) is 4.79 Å². The normalized spacial score (nSPS) is 22.9. The summed E-state index contributed by atoms with van der Waals surface area (Å²) in [4.78, 5) is 25.5. The highest BCUT2D eigenvalue weighted by molar-refractivity contribution is 5.75. The Hall–Kier alpha value is -1.52. The minimum absolute atomic E-state index is 0.202. The average Bonchev–Trinajstić information content (AvgIpc) is 2.48. The number of carbonyl (C=O) groups is 2. The van der Waals surface area contributed by atoms with Gasteiger partial charge in [-0.2, -0.15) is 0 Å². The van der Waals surface area contributed by atoms with Crippen LogP contribution in [-0.4, -0.2) is 36.7 Å². The molecule has 0 saturated carbocycles. The molecule has 0 radical (unpaired) electrons. The quantitative estimate of drug-likeness (QED) is 0.746. The molecule has 1 atom stereocenters. The highest BCUT2D eigenvalue weighted by atomic mass is 16.6. The molecule has 1 aliphatic carbocycles. The van der Waals surface area contributed by atoms with Gasteiger partial charge in [0.15, 0.2) is 0 Å². The predicted molar refractivity (Wildman–Crippen MR) is 74.0 cm³/mol. The van der Waals surface area contributed by atoms with E-state index in [9.17, 15) is 9.59 Å². The second-order valence-corrected chi connectivity index (χ2v) is 5.32. The molecule has 0 aromatic heterocycles.